The summed E-state index contributed by atoms with van der Waals surface area (Å²) in [6.07, 6.45) is -3.87. The molecule has 11 aliphatic heterocycles. The summed E-state index contributed by atoms with van der Waals surface area (Å²) in [5, 5.41) is 93.5. The van der Waals surface area contributed by atoms with Crippen molar-refractivity contribution in [1.29, 1.82) is 0 Å². The summed E-state index contributed by atoms with van der Waals surface area (Å²) in [6, 6.07) is -13.8. The molecule has 17 N–H and O–H groups in total. The van der Waals surface area contributed by atoms with Crippen molar-refractivity contribution in [2.75, 3.05) is 118 Å². The van der Waals surface area contributed by atoms with E-state index in [2.05, 4.69) is 42.5 Å². The van der Waals surface area contributed by atoms with Crippen LogP contribution < -0.4 is 48.3 Å². The Morgan fingerprint density at radius 3 is 0.906 bits per heavy atom. The number of nitrogens with zero attached hydrogens (tertiary/aromatic N) is 10. The molecule has 44 nitrogen and oxygen atoms in total. The molecule has 11 saturated heterocycles. The number of rotatable bonds is 29. The van der Waals surface area contributed by atoms with Gasteiger partial charge in [-0.15, -0.1) is 0 Å². The number of nitrogens with one attached hydrogen (secondary N) is 8. The number of aliphatic carboxylic acids is 1. The lowest BCUT2D eigenvalue weighted by Gasteiger charge is -2.32. The van der Waals surface area contributed by atoms with Gasteiger partial charge in [0.1, 0.15) is 73.0 Å². The molecule has 18 atom stereocenters. The van der Waals surface area contributed by atoms with Gasteiger partial charge >= 0.3 is 5.97 Å². The predicted molar refractivity (Wildman–Crippen MR) is 397 cm³/mol. The van der Waals surface area contributed by atoms with E-state index < -0.39 is 249 Å². The molecule has 17 amide bonds. The Morgan fingerprint density at radius 2 is 0.615 bits per heavy atom. The number of aliphatic hydroxyl groups excluding tert-OH is 6. The Kier molecular flexibility index (Phi) is 29.4. The number of hydrogen-bond acceptors (Lipinski definition) is 26. The topological polar surface area (TPSA) is 604 Å². The van der Waals surface area contributed by atoms with Crippen LogP contribution in [0.3, 0.4) is 0 Å². The van der Waals surface area contributed by atoms with Gasteiger partial charge < -0.3 is 133 Å². The molecule has 0 aromatic heterocycles. The number of carbonyl (C=O) groups is 18. The Morgan fingerprint density at radius 1 is 0.333 bits per heavy atom. The predicted octanol–water partition coefficient (Wildman–Crippen LogP) is -12.1. The van der Waals surface area contributed by atoms with E-state index >= 15 is 0 Å². The first kappa shape index (κ1) is 88.0. The van der Waals surface area contributed by atoms with Crippen LogP contribution in [-0.4, -0.2) is 418 Å². The van der Waals surface area contributed by atoms with E-state index in [4.69, 9.17) is 10.8 Å². The third kappa shape index (κ3) is 20.6. The third-order valence-corrected chi connectivity index (χ3v) is 24.1. The van der Waals surface area contributed by atoms with Gasteiger partial charge in [-0.05, 0) is 96.6 Å². The maximum atomic E-state index is 14.4. The molecule has 117 heavy (non-hydrogen) atoms. The van der Waals surface area contributed by atoms with Crippen molar-refractivity contribution in [3.63, 3.8) is 0 Å². The second-order valence-corrected chi connectivity index (χ2v) is 32.1. The van der Waals surface area contributed by atoms with Crippen LogP contribution in [-0.2, 0) is 86.3 Å². The summed E-state index contributed by atoms with van der Waals surface area (Å²) in [4.78, 5) is 258. The number of β-amino-alcohol motifs (C(OH)–C–C–N with tert-alkyl or cyclic N) is 6. The average molecular weight is 1650 g/mol. The number of likely N-dealkylation sites (tertiary alicyclic amines) is 10. The van der Waals surface area contributed by atoms with Crippen LogP contribution in [0, 0.1) is 0 Å². The molecule has 0 aromatic carbocycles. The Bertz CT molecular complexity index is 3820. The summed E-state index contributed by atoms with van der Waals surface area (Å²) in [7, 11) is 0. The molecule has 0 aliphatic carbocycles. The van der Waals surface area contributed by atoms with Crippen molar-refractivity contribution in [3.8, 4) is 0 Å². The molecule has 0 spiro atoms. The molecular weight excluding hydrogens is 1540 g/mol. The van der Waals surface area contributed by atoms with Crippen molar-refractivity contribution >= 4 is 106 Å². The normalized spacial score (nSPS) is 29.8. The highest BCUT2D eigenvalue weighted by Gasteiger charge is 2.52. The van der Waals surface area contributed by atoms with Gasteiger partial charge in [-0.1, -0.05) is 0 Å². The van der Waals surface area contributed by atoms with E-state index in [1.807, 2.05) is 0 Å². The SMILES string of the molecule is NCCCC[C@H](NC(=O)CNC(=O)[C@@H]1C[C@@H](O)CN1C(=O)[C@@H]1CCCN1C(=O)CNC(=O)[C@@H]1C[C@@H](O)CN1C(=O)[C@@H]1CCCN1C(=O)CNC(=O)[C@@H]1C[C@@H](O)CN1C(=O)[C@@H]1CCCN1C(=O)CNC(=O)[C@@H]1C[C@@H](O)CN1C(=O)[C@@H]1CCCN1C(=O)CNC(=O)[C@@H]1C[C@@H](O)CN1C(=O)[C@@H]1CCCN1)C(=O)N1C[C@H](O)C[C@H]1C(=O)NCC(=O)O. The van der Waals surface area contributed by atoms with Gasteiger partial charge in [0.15, 0.2) is 0 Å². The lowest BCUT2D eigenvalue weighted by molar-refractivity contribution is -0.148. The number of nitrogens with two attached hydrogens (primary N) is 1. The maximum Gasteiger partial charge on any atom is 0.322 e. The number of carbonyl (C=O) groups excluding carboxylic acids is 17. The molecule has 0 unspecified atom stereocenters. The summed E-state index contributed by atoms with van der Waals surface area (Å²) in [6.45, 7) is -4.40. The first-order valence-corrected chi connectivity index (χ1v) is 40.5. The average Bonchev–Trinajstić information content (AvgIpc) is 1.68. The largest absolute Gasteiger partial charge is 0.480 e. The summed E-state index contributed by atoms with van der Waals surface area (Å²) in [5.74, 6) is -13.6. The number of carboxylic acid groups (broad SMARTS) is 1. The van der Waals surface area contributed by atoms with Gasteiger partial charge in [0, 0.05) is 104 Å². The van der Waals surface area contributed by atoms with Crippen LogP contribution >= 0.6 is 0 Å². The highest BCUT2D eigenvalue weighted by molar-refractivity contribution is 6.01. The quantitative estimate of drug-likeness (QED) is 0.0309. The van der Waals surface area contributed by atoms with E-state index in [9.17, 15) is 117 Å². The second kappa shape index (κ2) is 39.1. The fourth-order valence-electron chi connectivity index (χ4n) is 18.3. The van der Waals surface area contributed by atoms with Gasteiger partial charge in [0.2, 0.25) is 100 Å². The Labute approximate surface area is 672 Å². The first-order chi connectivity index (χ1) is 55.8. The zero-order chi connectivity index (χ0) is 84.4. The molecule has 11 heterocycles. The van der Waals surface area contributed by atoms with E-state index in [0.717, 1.165) is 30.9 Å². The van der Waals surface area contributed by atoms with Crippen LogP contribution in [0.1, 0.15) is 122 Å². The number of hydrogen-bond donors (Lipinski definition) is 16. The number of unbranched alkanes of at least 4 members (excludes halogenated alkanes) is 1. The standard InChI is InChI=1S/C73H109N19O25/c74-14-2-1-8-45(69(113)88-33-39(94)21-51(88)67(111)81-31-61(104)105)82-56(99)26-76-62(106)52-22-40(95)34-89(52)70(114)46-10-4-16-83(46)58(101)28-78-64(108)54-24-42(97)36-91(54)72(116)48-12-6-18-85(48)60(103)30-80-66(110)55-25-43(98)37-92(55)73(117)49-13-7-19-86(49)59(102)29-79-65(109)53-23-41(96)35-90(53)71(115)47-11-5-17-84(47)57(100)27-77-63(107)50-20-38(93)32-87(50)68(112)44-9-3-15-75-44/h38-55,75,93-98H,1-37,74H2,(H,76,106)(H,77,107)(H,78,108)(H,79,109)(H,80,110)(H,81,111)(H,82,99)(H,104,105)/t38-,39-,40-,41-,42-,43-,44+,45+,46+,47+,48+,49+,50+,51+,52+,53+,54+,55+/m1/s1. The molecular formula is C73H109N19O25. The van der Waals surface area contributed by atoms with Gasteiger partial charge in [-0.2, -0.15) is 0 Å². The molecule has 11 rings (SSSR count). The fourth-order valence-corrected chi connectivity index (χ4v) is 18.3. The highest BCUT2D eigenvalue weighted by Crippen LogP contribution is 2.32. The second-order valence-electron chi connectivity index (χ2n) is 32.1. The number of carboxylic acids is 1. The summed E-state index contributed by atoms with van der Waals surface area (Å²) >= 11 is 0. The zero-order valence-electron chi connectivity index (χ0n) is 65.1. The van der Waals surface area contributed by atoms with Crippen LogP contribution in [0.5, 0.6) is 0 Å². The van der Waals surface area contributed by atoms with E-state index in [1.54, 1.807) is 0 Å². The maximum absolute atomic E-state index is 14.4. The van der Waals surface area contributed by atoms with Crippen molar-refractivity contribution in [3.05, 3.63) is 0 Å². The van der Waals surface area contributed by atoms with Crippen LogP contribution in [0.15, 0.2) is 0 Å². The van der Waals surface area contributed by atoms with E-state index in [-0.39, 0.29) is 149 Å². The lowest BCUT2D eigenvalue weighted by atomic mass is 10.1. The highest BCUT2D eigenvalue weighted by atomic mass is 16.4. The third-order valence-electron chi connectivity index (χ3n) is 24.1. The minimum Gasteiger partial charge on any atom is -0.480 e. The summed E-state index contributed by atoms with van der Waals surface area (Å²) in [5.41, 5.74) is 5.66. The molecule has 0 radical (unpaired) electrons. The van der Waals surface area contributed by atoms with Crippen molar-refractivity contribution in [2.24, 2.45) is 5.73 Å². The fraction of sp³-hybridized carbons (Fsp3) is 0.753. The molecule has 0 bridgehead atoms. The zero-order valence-corrected chi connectivity index (χ0v) is 65.1. The molecule has 44 heteroatoms. The van der Waals surface area contributed by atoms with Crippen LogP contribution in [0.4, 0.5) is 0 Å². The minimum atomic E-state index is -1.34. The monoisotopic (exact) mass is 1650 g/mol. The first-order valence-electron chi connectivity index (χ1n) is 40.5. The van der Waals surface area contributed by atoms with Crippen molar-refractivity contribution in [1.82, 2.24) is 91.5 Å². The molecule has 0 saturated carbocycles. The van der Waals surface area contributed by atoms with E-state index in [1.165, 1.54) is 24.5 Å². The van der Waals surface area contributed by atoms with Gasteiger partial charge in [0.05, 0.1) is 75.4 Å². The van der Waals surface area contributed by atoms with E-state index in [0.29, 0.717) is 51.5 Å². The molecule has 11 fully saturated rings. The van der Waals surface area contributed by atoms with Gasteiger partial charge in [-0.3, -0.25) is 86.3 Å². The van der Waals surface area contributed by atoms with Crippen molar-refractivity contribution < 1.29 is 122 Å². The van der Waals surface area contributed by atoms with Gasteiger partial charge in [0.25, 0.3) is 0 Å². The molecule has 646 valence electrons. The lowest BCUT2D eigenvalue weighted by Crippen LogP contribution is -2.57. The molecule has 0 aromatic rings. The Hall–Kier alpha value is -9.86. The number of aliphatic hydroxyl groups is 6. The van der Waals surface area contributed by atoms with Crippen molar-refractivity contribution in [2.45, 2.75) is 231 Å². The summed E-state index contributed by atoms with van der Waals surface area (Å²) < 4.78 is 0. The smallest absolute Gasteiger partial charge is 0.322 e. The minimum absolute atomic E-state index is 0.0228. The van der Waals surface area contributed by atoms with Crippen LogP contribution in [0.25, 0.3) is 0 Å². The van der Waals surface area contributed by atoms with Gasteiger partial charge in [-0.25, -0.2) is 0 Å². The number of amides is 17. The van der Waals surface area contributed by atoms with Crippen LogP contribution in [0.2, 0.25) is 0 Å². The Balaban J connectivity index is 0.620. The molecule has 11 aliphatic rings.